The molecule has 0 spiro atoms. The van der Waals surface area contributed by atoms with Crippen LogP contribution in [-0.4, -0.2) is 46.1 Å². The van der Waals surface area contributed by atoms with Gasteiger partial charge in [-0.05, 0) is 18.6 Å². The zero-order valence-corrected chi connectivity index (χ0v) is 14.4. The molecule has 8 heteroatoms. The van der Waals surface area contributed by atoms with Crippen LogP contribution in [0.2, 0.25) is 0 Å². The number of ether oxygens (including phenoxy) is 1. The standard InChI is InChI=1S/C16H20N4O3S/c1-3-7-12(23-11-8-5-4-6-9-11)14-17-18-15(24-14)20-13(21)10-19(2)16(20)22/h4-6,8-9,12-13,21H,3,7,10H2,1-2H3. The fraction of sp³-hybridized carbons (Fsp3) is 0.438. The number of carbonyl (C=O) groups excluding carboxylic acids is 1. The van der Waals surface area contributed by atoms with Crippen LogP contribution >= 0.6 is 11.3 Å². The van der Waals surface area contributed by atoms with Gasteiger partial charge < -0.3 is 14.7 Å². The highest BCUT2D eigenvalue weighted by Crippen LogP contribution is 2.33. The van der Waals surface area contributed by atoms with E-state index in [1.54, 1.807) is 7.05 Å². The van der Waals surface area contributed by atoms with E-state index in [1.807, 2.05) is 30.3 Å². The Morgan fingerprint density at radius 2 is 2.12 bits per heavy atom. The SMILES string of the molecule is CCCC(Oc1ccccc1)c1nnc(N2C(=O)N(C)CC2O)s1. The number of para-hydroxylation sites is 1. The summed E-state index contributed by atoms with van der Waals surface area (Å²) in [5, 5.41) is 19.4. The lowest BCUT2D eigenvalue weighted by atomic mass is 10.2. The van der Waals surface area contributed by atoms with Gasteiger partial charge in [0.25, 0.3) is 0 Å². The smallest absolute Gasteiger partial charge is 0.328 e. The molecule has 128 valence electrons. The van der Waals surface area contributed by atoms with Gasteiger partial charge in [0, 0.05) is 7.05 Å². The maximum absolute atomic E-state index is 12.1. The van der Waals surface area contributed by atoms with E-state index in [0.29, 0.717) is 10.1 Å². The monoisotopic (exact) mass is 348 g/mol. The van der Waals surface area contributed by atoms with Gasteiger partial charge in [-0.15, -0.1) is 10.2 Å². The summed E-state index contributed by atoms with van der Waals surface area (Å²) < 4.78 is 6.02. The first-order valence-electron chi connectivity index (χ1n) is 7.87. The molecule has 1 saturated heterocycles. The molecule has 0 bridgehead atoms. The van der Waals surface area contributed by atoms with Crippen LogP contribution in [0.15, 0.2) is 30.3 Å². The van der Waals surface area contributed by atoms with Crippen LogP contribution in [0, 0.1) is 0 Å². The van der Waals surface area contributed by atoms with Gasteiger partial charge >= 0.3 is 6.03 Å². The molecule has 2 heterocycles. The molecule has 2 aromatic rings. The van der Waals surface area contributed by atoms with Gasteiger partial charge in [0.2, 0.25) is 5.13 Å². The highest BCUT2D eigenvalue weighted by Gasteiger charge is 2.37. The molecule has 1 N–H and O–H groups in total. The minimum atomic E-state index is -0.900. The summed E-state index contributed by atoms with van der Waals surface area (Å²) >= 11 is 1.28. The number of β-amino-alcohol motifs (C(OH)–C–C–N with tert-alkyl or cyclic N) is 1. The molecule has 1 aliphatic rings. The van der Waals surface area contributed by atoms with Crippen LogP contribution in [0.3, 0.4) is 0 Å². The van der Waals surface area contributed by atoms with E-state index < -0.39 is 6.23 Å². The van der Waals surface area contributed by atoms with E-state index in [-0.39, 0.29) is 18.7 Å². The number of hydrogen-bond donors (Lipinski definition) is 1. The van der Waals surface area contributed by atoms with Crippen molar-refractivity contribution < 1.29 is 14.6 Å². The number of likely N-dealkylation sites (N-methyl/N-ethyl adjacent to an activating group) is 1. The molecule has 0 aliphatic carbocycles. The first kappa shape index (κ1) is 16.7. The lowest BCUT2D eigenvalue weighted by Gasteiger charge is -2.16. The summed E-state index contributed by atoms with van der Waals surface area (Å²) in [6, 6.07) is 9.28. The number of carbonyl (C=O) groups is 1. The Morgan fingerprint density at radius 1 is 1.38 bits per heavy atom. The van der Waals surface area contributed by atoms with Gasteiger partial charge in [-0.25, -0.2) is 9.69 Å². The Morgan fingerprint density at radius 3 is 2.75 bits per heavy atom. The molecule has 7 nitrogen and oxygen atoms in total. The van der Waals surface area contributed by atoms with Gasteiger partial charge in [-0.1, -0.05) is 42.9 Å². The number of aliphatic hydroxyl groups excluding tert-OH is 1. The molecule has 2 amide bonds. The molecule has 1 aromatic heterocycles. The number of aromatic nitrogens is 2. The van der Waals surface area contributed by atoms with Crippen molar-refractivity contribution >= 4 is 22.5 Å². The van der Waals surface area contributed by atoms with E-state index in [9.17, 15) is 9.90 Å². The van der Waals surface area contributed by atoms with E-state index >= 15 is 0 Å². The molecular weight excluding hydrogens is 328 g/mol. The lowest BCUT2D eigenvalue weighted by molar-refractivity contribution is 0.183. The molecule has 2 unspecified atom stereocenters. The molecular formula is C16H20N4O3S. The van der Waals surface area contributed by atoms with Gasteiger partial charge in [-0.2, -0.15) is 0 Å². The van der Waals surface area contributed by atoms with Crippen molar-refractivity contribution in [2.24, 2.45) is 0 Å². The first-order valence-corrected chi connectivity index (χ1v) is 8.69. The predicted molar refractivity (Wildman–Crippen MR) is 91.1 cm³/mol. The average molecular weight is 348 g/mol. The Labute approximate surface area is 144 Å². The number of aliphatic hydroxyl groups is 1. The topological polar surface area (TPSA) is 78.8 Å². The lowest BCUT2D eigenvalue weighted by Crippen LogP contribution is -2.34. The van der Waals surface area contributed by atoms with Gasteiger partial charge in [-0.3, -0.25) is 0 Å². The van der Waals surface area contributed by atoms with Crippen LogP contribution < -0.4 is 9.64 Å². The molecule has 0 saturated carbocycles. The summed E-state index contributed by atoms with van der Waals surface area (Å²) in [4.78, 5) is 14.8. The summed E-state index contributed by atoms with van der Waals surface area (Å²) in [7, 11) is 1.64. The fourth-order valence-corrected chi connectivity index (χ4v) is 3.48. The summed E-state index contributed by atoms with van der Waals surface area (Å²) in [5.74, 6) is 0.768. The van der Waals surface area contributed by atoms with Gasteiger partial charge in [0.15, 0.2) is 17.3 Å². The number of rotatable bonds is 6. The number of benzene rings is 1. The van der Waals surface area contributed by atoms with E-state index in [2.05, 4.69) is 17.1 Å². The van der Waals surface area contributed by atoms with Crippen LogP contribution in [0.1, 0.15) is 30.9 Å². The number of nitrogens with zero attached hydrogens (tertiary/aromatic N) is 4. The summed E-state index contributed by atoms with van der Waals surface area (Å²) in [5.41, 5.74) is 0. The Hall–Kier alpha value is -2.19. The zero-order chi connectivity index (χ0) is 17.1. The van der Waals surface area contributed by atoms with Gasteiger partial charge in [0.05, 0.1) is 6.54 Å². The van der Waals surface area contributed by atoms with Crippen molar-refractivity contribution in [2.45, 2.75) is 32.1 Å². The maximum atomic E-state index is 12.1. The van der Waals surface area contributed by atoms with E-state index in [0.717, 1.165) is 18.6 Å². The Kier molecular flexibility index (Phi) is 4.96. The predicted octanol–water partition coefficient (Wildman–Crippen LogP) is 2.65. The highest BCUT2D eigenvalue weighted by atomic mass is 32.1. The minimum absolute atomic E-state index is 0.226. The average Bonchev–Trinajstić information content (AvgIpc) is 3.13. The van der Waals surface area contributed by atoms with E-state index in [4.69, 9.17) is 4.74 Å². The molecule has 24 heavy (non-hydrogen) atoms. The first-order chi connectivity index (χ1) is 11.6. The van der Waals surface area contributed by atoms with Crippen molar-refractivity contribution in [3.8, 4) is 5.75 Å². The number of amides is 2. The second kappa shape index (κ2) is 7.14. The maximum Gasteiger partial charge on any atom is 0.328 e. The van der Waals surface area contributed by atoms with Crippen LogP contribution in [0.4, 0.5) is 9.93 Å². The van der Waals surface area contributed by atoms with Gasteiger partial charge in [0.1, 0.15) is 5.75 Å². The Bertz CT molecular complexity index is 694. The molecule has 2 atom stereocenters. The van der Waals surface area contributed by atoms with Crippen molar-refractivity contribution in [1.29, 1.82) is 0 Å². The van der Waals surface area contributed by atoms with Crippen LogP contribution in [0.5, 0.6) is 5.75 Å². The second-order valence-electron chi connectivity index (χ2n) is 5.64. The van der Waals surface area contributed by atoms with Crippen LogP contribution in [-0.2, 0) is 0 Å². The second-order valence-corrected chi connectivity index (χ2v) is 6.63. The number of anilines is 1. The zero-order valence-electron chi connectivity index (χ0n) is 13.6. The molecule has 0 radical (unpaired) electrons. The normalized spacial score (nSPS) is 19.0. The largest absolute Gasteiger partial charge is 0.483 e. The quantitative estimate of drug-likeness (QED) is 0.868. The molecule has 1 aromatic carbocycles. The Balaban J connectivity index is 1.80. The van der Waals surface area contributed by atoms with E-state index in [1.165, 1.54) is 21.1 Å². The van der Waals surface area contributed by atoms with Crippen molar-refractivity contribution in [2.75, 3.05) is 18.5 Å². The molecule has 1 fully saturated rings. The van der Waals surface area contributed by atoms with Crippen LogP contribution in [0.25, 0.3) is 0 Å². The minimum Gasteiger partial charge on any atom is -0.483 e. The fourth-order valence-electron chi connectivity index (χ4n) is 2.54. The van der Waals surface area contributed by atoms with Crippen molar-refractivity contribution in [1.82, 2.24) is 15.1 Å². The van der Waals surface area contributed by atoms with Crippen molar-refractivity contribution in [3.63, 3.8) is 0 Å². The molecule has 3 rings (SSSR count). The third-order valence-corrected chi connectivity index (χ3v) is 4.77. The third kappa shape index (κ3) is 3.34. The number of urea groups is 1. The highest BCUT2D eigenvalue weighted by molar-refractivity contribution is 7.15. The van der Waals surface area contributed by atoms with Crippen molar-refractivity contribution in [3.05, 3.63) is 35.3 Å². The number of hydrogen-bond acceptors (Lipinski definition) is 6. The molecule has 1 aliphatic heterocycles. The summed E-state index contributed by atoms with van der Waals surface area (Å²) in [6.07, 6.45) is 0.597. The third-order valence-electron chi connectivity index (χ3n) is 3.75. The summed E-state index contributed by atoms with van der Waals surface area (Å²) in [6.45, 7) is 2.33.